The number of thioether (sulfide) groups is 1. The van der Waals surface area contributed by atoms with Gasteiger partial charge >= 0.3 is 0 Å². The van der Waals surface area contributed by atoms with E-state index in [2.05, 4.69) is 10.2 Å². The van der Waals surface area contributed by atoms with E-state index in [4.69, 9.17) is 4.98 Å². The fourth-order valence-corrected chi connectivity index (χ4v) is 5.86. The van der Waals surface area contributed by atoms with Gasteiger partial charge in [-0.25, -0.2) is 4.98 Å². The van der Waals surface area contributed by atoms with Crippen LogP contribution in [0.3, 0.4) is 0 Å². The van der Waals surface area contributed by atoms with Gasteiger partial charge in [-0.05, 0) is 38.5 Å². The molecule has 0 spiro atoms. The van der Waals surface area contributed by atoms with Crippen LogP contribution >= 0.6 is 23.1 Å². The van der Waals surface area contributed by atoms with Crippen molar-refractivity contribution < 1.29 is 0 Å². The first-order valence-corrected chi connectivity index (χ1v) is 11.7. The molecule has 0 N–H and O–H groups in total. The lowest BCUT2D eigenvalue weighted by Gasteiger charge is -2.10. The highest BCUT2D eigenvalue weighted by Gasteiger charge is 2.18. The molecular weight excluding hydrogens is 432 g/mol. The molecule has 0 aliphatic carbocycles. The molecule has 0 bridgehead atoms. The molecule has 31 heavy (non-hydrogen) atoms. The molecule has 10 heteroatoms. The monoisotopic (exact) mass is 452 g/mol. The number of aryl methyl sites for hydroxylation is 3. The van der Waals surface area contributed by atoms with Crippen molar-refractivity contribution in [2.45, 2.75) is 38.2 Å². The topological polar surface area (TPSA) is 87.1 Å². The summed E-state index contributed by atoms with van der Waals surface area (Å²) in [5, 5.41) is 10.6. The molecule has 0 aliphatic heterocycles. The van der Waals surface area contributed by atoms with Crippen LogP contribution in [-0.4, -0.2) is 28.7 Å². The average molecular weight is 453 g/mol. The molecule has 0 atom stereocenters. The van der Waals surface area contributed by atoms with Crippen molar-refractivity contribution in [3.63, 3.8) is 0 Å². The Morgan fingerprint density at radius 3 is 2.65 bits per heavy atom. The lowest BCUT2D eigenvalue weighted by Crippen LogP contribution is -2.22. The molecule has 0 fully saturated rings. The summed E-state index contributed by atoms with van der Waals surface area (Å²) in [6.07, 6.45) is 0. The van der Waals surface area contributed by atoms with E-state index in [-0.39, 0.29) is 11.1 Å². The van der Waals surface area contributed by atoms with Crippen molar-refractivity contribution in [3.8, 4) is 0 Å². The average Bonchev–Trinajstić information content (AvgIpc) is 3.31. The van der Waals surface area contributed by atoms with Gasteiger partial charge in [0.1, 0.15) is 10.7 Å². The Morgan fingerprint density at radius 2 is 1.87 bits per heavy atom. The molecule has 5 aromatic rings. The summed E-state index contributed by atoms with van der Waals surface area (Å²) in [4.78, 5) is 32.4. The highest BCUT2D eigenvalue weighted by Crippen LogP contribution is 2.29. The SMILES string of the molecule is CCn1c(SCc2nnc3n(C)c(=O)c4ccccc4n23)nc2sc(C)c(C)c2c1=O. The molecule has 0 saturated carbocycles. The van der Waals surface area contributed by atoms with Crippen LogP contribution in [0.5, 0.6) is 0 Å². The molecule has 5 rings (SSSR count). The summed E-state index contributed by atoms with van der Waals surface area (Å²) < 4.78 is 5.12. The van der Waals surface area contributed by atoms with Crippen molar-refractivity contribution in [2.75, 3.05) is 0 Å². The Bertz CT molecular complexity index is 1610. The number of fused-ring (bicyclic) bond motifs is 4. The van der Waals surface area contributed by atoms with Gasteiger partial charge in [0.25, 0.3) is 11.1 Å². The normalized spacial score (nSPS) is 11.9. The van der Waals surface area contributed by atoms with Gasteiger partial charge < -0.3 is 0 Å². The number of aromatic nitrogens is 6. The van der Waals surface area contributed by atoms with E-state index in [1.165, 1.54) is 16.3 Å². The van der Waals surface area contributed by atoms with Gasteiger partial charge in [0.2, 0.25) is 5.78 Å². The fourth-order valence-electron chi connectivity index (χ4n) is 3.81. The zero-order chi connectivity index (χ0) is 21.9. The van der Waals surface area contributed by atoms with E-state index in [0.717, 1.165) is 20.8 Å². The van der Waals surface area contributed by atoms with Crippen molar-refractivity contribution in [2.24, 2.45) is 7.05 Å². The second-order valence-corrected chi connectivity index (χ2v) is 9.47. The van der Waals surface area contributed by atoms with Crippen molar-refractivity contribution in [3.05, 3.63) is 61.2 Å². The Kier molecular flexibility index (Phi) is 4.71. The third kappa shape index (κ3) is 2.93. The quantitative estimate of drug-likeness (QED) is 0.307. The Balaban J connectivity index is 1.63. The van der Waals surface area contributed by atoms with Crippen molar-refractivity contribution in [1.82, 2.24) is 28.7 Å². The number of nitrogens with zero attached hydrogens (tertiary/aromatic N) is 6. The first kappa shape index (κ1) is 20.0. The van der Waals surface area contributed by atoms with Crippen LogP contribution in [0, 0.1) is 13.8 Å². The molecule has 1 aromatic carbocycles. The molecule has 4 aromatic heterocycles. The molecule has 0 radical (unpaired) electrons. The number of rotatable bonds is 4. The number of hydrogen-bond acceptors (Lipinski definition) is 7. The molecule has 0 unspecified atom stereocenters. The second-order valence-electron chi connectivity index (χ2n) is 7.33. The maximum absolute atomic E-state index is 13.1. The molecule has 0 saturated heterocycles. The minimum atomic E-state index is -0.106. The van der Waals surface area contributed by atoms with Crippen molar-refractivity contribution >= 4 is 50.0 Å². The third-order valence-corrected chi connectivity index (χ3v) is 7.67. The molecule has 8 nitrogen and oxygen atoms in total. The van der Waals surface area contributed by atoms with Crippen LogP contribution in [-0.2, 0) is 19.3 Å². The van der Waals surface area contributed by atoms with Gasteiger partial charge in [0.05, 0.1) is 22.0 Å². The van der Waals surface area contributed by atoms with Crippen LogP contribution in [0.2, 0.25) is 0 Å². The van der Waals surface area contributed by atoms with E-state index in [9.17, 15) is 9.59 Å². The minimum Gasteiger partial charge on any atom is -0.287 e. The Morgan fingerprint density at radius 1 is 1.10 bits per heavy atom. The maximum Gasteiger partial charge on any atom is 0.263 e. The second kappa shape index (κ2) is 7.31. The van der Waals surface area contributed by atoms with Crippen LogP contribution in [0.25, 0.3) is 26.9 Å². The smallest absolute Gasteiger partial charge is 0.263 e. The summed E-state index contributed by atoms with van der Waals surface area (Å²) in [5.74, 6) is 1.65. The Labute approximate surface area is 185 Å². The minimum absolute atomic E-state index is 0.00389. The van der Waals surface area contributed by atoms with Gasteiger partial charge in [-0.1, -0.05) is 23.9 Å². The van der Waals surface area contributed by atoms with E-state index < -0.39 is 0 Å². The predicted molar refractivity (Wildman–Crippen MR) is 124 cm³/mol. The maximum atomic E-state index is 13.1. The van der Waals surface area contributed by atoms with Crippen LogP contribution in [0.4, 0.5) is 0 Å². The van der Waals surface area contributed by atoms with Crippen LogP contribution in [0.15, 0.2) is 39.0 Å². The van der Waals surface area contributed by atoms with Gasteiger partial charge in [0, 0.05) is 18.5 Å². The number of thiophene rings is 1. The van der Waals surface area contributed by atoms with E-state index in [1.807, 2.05) is 43.4 Å². The molecular formula is C21H20N6O2S2. The number of benzene rings is 1. The van der Waals surface area contributed by atoms with E-state index >= 15 is 0 Å². The van der Waals surface area contributed by atoms with E-state index in [1.54, 1.807) is 29.0 Å². The first-order chi connectivity index (χ1) is 14.9. The predicted octanol–water partition coefficient (Wildman–Crippen LogP) is 3.28. The lowest BCUT2D eigenvalue weighted by atomic mass is 10.2. The summed E-state index contributed by atoms with van der Waals surface area (Å²) in [5.41, 5.74) is 1.66. The Hall–Kier alpha value is -2.98. The molecule has 158 valence electrons. The van der Waals surface area contributed by atoms with Crippen molar-refractivity contribution in [1.29, 1.82) is 0 Å². The number of hydrogen-bond donors (Lipinski definition) is 0. The highest BCUT2D eigenvalue weighted by molar-refractivity contribution is 7.98. The van der Waals surface area contributed by atoms with Crippen LogP contribution in [0.1, 0.15) is 23.2 Å². The van der Waals surface area contributed by atoms with Crippen LogP contribution < -0.4 is 11.1 Å². The van der Waals surface area contributed by atoms with Gasteiger partial charge in [-0.2, -0.15) is 0 Å². The summed E-state index contributed by atoms with van der Waals surface area (Å²) in [6, 6.07) is 7.44. The zero-order valence-corrected chi connectivity index (χ0v) is 19.2. The number of para-hydroxylation sites is 1. The molecule has 4 heterocycles. The third-order valence-electron chi connectivity index (χ3n) is 5.59. The summed E-state index contributed by atoms with van der Waals surface area (Å²) >= 11 is 3.00. The largest absolute Gasteiger partial charge is 0.287 e. The molecule has 0 aliphatic rings. The zero-order valence-electron chi connectivity index (χ0n) is 17.5. The summed E-state index contributed by atoms with van der Waals surface area (Å²) in [6.45, 7) is 6.48. The van der Waals surface area contributed by atoms with E-state index in [0.29, 0.717) is 39.8 Å². The van der Waals surface area contributed by atoms with Gasteiger partial charge in [-0.3, -0.25) is 23.1 Å². The fraction of sp³-hybridized carbons (Fsp3) is 0.286. The lowest BCUT2D eigenvalue weighted by molar-refractivity contribution is 0.635. The first-order valence-electron chi connectivity index (χ1n) is 9.87. The van der Waals surface area contributed by atoms with Gasteiger partial charge in [-0.15, -0.1) is 21.5 Å². The standard InChI is InChI=1S/C21H20N6O2S2/c1-5-26-19(29)16-11(2)12(3)31-17(16)22-21(26)30-10-15-23-24-20-25(4)18(28)13-8-6-7-9-14(13)27(15)20/h6-9H,5,10H2,1-4H3. The van der Waals surface area contributed by atoms with Gasteiger partial charge in [0.15, 0.2) is 5.16 Å². The summed E-state index contributed by atoms with van der Waals surface area (Å²) in [7, 11) is 1.70. The molecule has 0 amide bonds. The highest BCUT2D eigenvalue weighted by atomic mass is 32.2.